The fraction of sp³-hybridized carbons (Fsp3) is 0.0500. The molecule has 22 heavy (non-hydrogen) atoms. The molecular formula is C20H15NO. The number of benzene rings is 3. The van der Waals surface area contributed by atoms with Gasteiger partial charge >= 0.3 is 0 Å². The molecule has 0 bridgehead atoms. The first-order valence-corrected chi connectivity index (χ1v) is 7.14. The van der Waals surface area contributed by atoms with Gasteiger partial charge in [0.2, 0.25) is 0 Å². The molecule has 2 heteroatoms. The lowest BCUT2D eigenvalue weighted by molar-refractivity contribution is 0.482. The lowest BCUT2D eigenvalue weighted by Gasteiger charge is -2.07. The largest absolute Gasteiger partial charge is 0.457 e. The second-order valence-corrected chi connectivity index (χ2v) is 5.04. The van der Waals surface area contributed by atoms with Crippen molar-refractivity contribution in [2.45, 2.75) is 6.42 Å². The predicted octanol–water partition coefficient (Wildman–Crippen LogP) is 4.94. The van der Waals surface area contributed by atoms with Gasteiger partial charge in [-0.15, -0.1) is 0 Å². The molecule has 2 nitrogen and oxygen atoms in total. The van der Waals surface area contributed by atoms with Crippen molar-refractivity contribution in [3.8, 4) is 17.6 Å². The number of ether oxygens (including phenoxy) is 1. The van der Waals surface area contributed by atoms with E-state index in [2.05, 4.69) is 42.5 Å². The van der Waals surface area contributed by atoms with Gasteiger partial charge in [0.05, 0.1) is 11.6 Å². The summed E-state index contributed by atoms with van der Waals surface area (Å²) in [6.45, 7) is 0. The summed E-state index contributed by atoms with van der Waals surface area (Å²) < 4.78 is 5.77. The van der Waals surface area contributed by atoms with Gasteiger partial charge in [0.25, 0.3) is 0 Å². The second-order valence-electron chi connectivity index (χ2n) is 5.04. The molecule has 3 rings (SSSR count). The van der Waals surface area contributed by atoms with Gasteiger partial charge in [-0.1, -0.05) is 42.5 Å². The van der Waals surface area contributed by atoms with Crippen molar-refractivity contribution >= 4 is 0 Å². The van der Waals surface area contributed by atoms with Gasteiger partial charge in [-0.05, 0) is 53.9 Å². The summed E-state index contributed by atoms with van der Waals surface area (Å²) in [5, 5.41) is 8.78. The average Bonchev–Trinajstić information content (AvgIpc) is 2.58. The van der Waals surface area contributed by atoms with Crippen LogP contribution in [-0.2, 0) is 6.42 Å². The molecule has 0 aliphatic rings. The SMILES string of the molecule is N#Cc1ccc(Oc2ccc(Cc3ccccc3)cc2)cc1. The quantitative estimate of drug-likeness (QED) is 0.680. The summed E-state index contributed by atoms with van der Waals surface area (Å²) in [5.41, 5.74) is 3.17. The van der Waals surface area contributed by atoms with Crippen molar-refractivity contribution in [3.63, 3.8) is 0 Å². The molecule has 0 N–H and O–H groups in total. The first kappa shape index (κ1) is 13.9. The van der Waals surface area contributed by atoms with Crippen molar-refractivity contribution in [1.29, 1.82) is 5.26 Å². The molecule has 0 saturated carbocycles. The molecule has 0 amide bonds. The van der Waals surface area contributed by atoms with Crippen LogP contribution in [0.1, 0.15) is 16.7 Å². The normalized spacial score (nSPS) is 9.95. The molecule has 0 unspecified atom stereocenters. The molecule has 106 valence electrons. The monoisotopic (exact) mass is 285 g/mol. The van der Waals surface area contributed by atoms with E-state index in [1.807, 2.05) is 18.2 Å². The van der Waals surface area contributed by atoms with Crippen LogP contribution >= 0.6 is 0 Å². The molecule has 3 aromatic carbocycles. The Labute approximate surface area is 130 Å². The summed E-state index contributed by atoms with van der Waals surface area (Å²) >= 11 is 0. The van der Waals surface area contributed by atoms with Gasteiger partial charge in [0, 0.05) is 0 Å². The van der Waals surface area contributed by atoms with E-state index < -0.39 is 0 Å². The average molecular weight is 285 g/mol. The zero-order chi connectivity index (χ0) is 15.2. The zero-order valence-corrected chi connectivity index (χ0v) is 12.1. The minimum absolute atomic E-state index is 0.630. The Morgan fingerprint density at radius 3 is 1.82 bits per heavy atom. The smallest absolute Gasteiger partial charge is 0.127 e. The van der Waals surface area contributed by atoms with E-state index in [9.17, 15) is 0 Å². The Morgan fingerprint density at radius 1 is 0.682 bits per heavy atom. The minimum atomic E-state index is 0.630. The predicted molar refractivity (Wildman–Crippen MR) is 86.9 cm³/mol. The van der Waals surface area contributed by atoms with Crippen LogP contribution in [0.2, 0.25) is 0 Å². The number of rotatable bonds is 4. The Hall–Kier alpha value is -3.05. The molecule has 0 aliphatic carbocycles. The molecule has 0 fully saturated rings. The summed E-state index contributed by atoms with van der Waals surface area (Å²) in [6, 6.07) is 27.7. The Kier molecular flexibility index (Phi) is 4.17. The van der Waals surface area contributed by atoms with E-state index in [0.717, 1.165) is 17.9 Å². The van der Waals surface area contributed by atoms with Gasteiger partial charge in [-0.25, -0.2) is 0 Å². The molecule has 0 aromatic heterocycles. The number of nitriles is 1. The van der Waals surface area contributed by atoms with Gasteiger partial charge in [0.1, 0.15) is 11.5 Å². The van der Waals surface area contributed by atoms with E-state index in [1.54, 1.807) is 24.3 Å². The van der Waals surface area contributed by atoms with Crippen LogP contribution < -0.4 is 4.74 Å². The van der Waals surface area contributed by atoms with Crippen LogP contribution in [0.4, 0.5) is 0 Å². The minimum Gasteiger partial charge on any atom is -0.457 e. The molecular weight excluding hydrogens is 270 g/mol. The third-order valence-electron chi connectivity index (χ3n) is 3.39. The van der Waals surface area contributed by atoms with E-state index >= 15 is 0 Å². The van der Waals surface area contributed by atoms with Gasteiger partial charge in [-0.2, -0.15) is 5.26 Å². The fourth-order valence-corrected chi connectivity index (χ4v) is 2.24. The third kappa shape index (κ3) is 3.53. The fourth-order valence-electron chi connectivity index (χ4n) is 2.24. The molecule has 0 radical (unpaired) electrons. The summed E-state index contributed by atoms with van der Waals surface area (Å²) in [4.78, 5) is 0. The van der Waals surface area contributed by atoms with Crippen LogP contribution in [0.5, 0.6) is 11.5 Å². The van der Waals surface area contributed by atoms with Gasteiger partial charge < -0.3 is 4.74 Å². The maximum Gasteiger partial charge on any atom is 0.127 e. The first-order chi connectivity index (χ1) is 10.8. The molecule has 0 heterocycles. The van der Waals surface area contributed by atoms with Crippen LogP contribution in [-0.4, -0.2) is 0 Å². The van der Waals surface area contributed by atoms with Crippen molar-refractivity contribution in [2.24, 2.45) is 0 Å². The van der Waals surface area contributed by atoms with Crippen LogP contribution in [0.15, 0.2) is 78.9 Å². The van der Waals surface area contributed by atoms with Crippen molar-refractivity contribution in [1.82, 2.24) is 0 Å². The highest BCUT2D eigenvalue weighted by atomic mass is 16.5. The lowest BCUT2D eigenvalue weighted by Crippen LogP contribution is -1.89. The first-order valence-electron chi connectivity index (χ1n) is 7.14. The Morgan fingerprint density at radius 2 is 1.23 bits per heavy atom. The van der Waals surface area contributed by atoms with E-state index in [0.29, 0.717) is 5.56 Å². The molecule has 0 spiro atoms. The summed E-state index contributed by atoms with van der Waals surface area (Å²) in [7, 11) is 0. The van der Waals surface area contributed by atoms with E-state index in [1.165, 1.54) is 11.1 Å². The lowest BCUT2D eigenvalue weighted by atomic mass is 10.1. The topological polar surface area (TPSA) is 33.0 Å². The molecule has 0 aliphatic heterocycles. The second kappa shape index (κ2) is 6.60. The Balaban J connectivity index is 1.67. The van der Waals surface area contributed by atoms with E-state index in [-0.39, 0.29) is 0 Å². The zero-order valence-electron chi connectivity index (χ0n) is 12.1. The van der Waals surface area contributed by atoms with Crippen LogP contribution in [0, 0.1) is 11.3 Å². The molecule has 0 atom stereocenters. The highest BCUT2D eigenvalue weighted by molar-refractivity contribution is 5.38. The van der Waals surface area contributed by atoms with Crippen molar-refractivity contribution < 1.29 is 4.74 Å². The third-order valence-corrected chi connectivity index (χ3v) is 3.39. The highest BCUT2D eigenvalue weighted by Gasteiger charge is 2.00. The van der Waals surface area contributed by atoms with Crippen LogP contribution in [0.25, 0.3) is 0 Å². The summed E-state index contributed by atoms with van der Waals surface area (Å²) in [6.07, 6.45) is 0.915. The highest BCUT2D eigenvalue weighted by Crippen LogP contribution is 2.22. The van der Waals surface area contributed by atoms with Gasteiger partial charge in [-0.3, -0.25) is 0 Å². The van der Waals surface area contributed by atoms with Crippen LogP contribution in [0.3, 0.4) is 0 Å². The number of hydrogen-bond donors (Lipinski definition) is 0. The maximum absolute atomic E-state index is 8.78. The van der Waals surface area contributed by atoms with Crippen molar-refractivity contribution in [3.05, 3.63) is 95.6 Å². The maximum atomic E-state index is 8.78. The summed E-state index contributed by atoms with van der Waals surface area (Å²) in [5.74, 6) is 1.52. The van der Waals surface area contributed by atoms with Crippen molar-refractivity contribution in [2.75, 3.05) is 0 Å². The van der Waals surface area contributed by atoms with Gasteiger partial charge in [0.15, 0.2) is 0 Å². The molecule has 3 aromatic rings. The Bertz CT molecular complexity index is 769. The number of hydrogen-bond acceptors (Lipinski definition) is 2. The number of nitrogens with zero attached hydrogens (tertiary/aromatic N) is 1. The standard InChI is InChI=1S/C20H15NO/c21-15-18-8-12-20(13-9-18)22-19-10-6-17(7-11-19)14-16-4-2-1-3-5-16/h1-13H,14H2. The van der Waals surface area contributed by atoms with E-state index in [4.69, 9.17) is 10.00 Å². The molecule has 0 saturated heterocycles.